The zero-order valence-electron chi connectivity index (χ0n) is 17.1. The fourth-order valence-electron chi connectivity index (χ4n) is 4.67. The number of rotatable bonds is 5. The number of alkyl halides is 3. The van der Waals surface area contributed by atoms with Crippen molar-refractivity contribution in [2.45, 2.75) is 64.1 Å². The molecule has 3 rings (SSSR count). The van der Waals surface area contributed by atoms with E-state index in [9.17, 15) is 27.2 Å². The third-order valence-electron chi connectivity index (χ3n) is 6.33. The minimum atomic E-state index is -4.65. The SMILES string of the molecule is CC(=O)N1CCC(CC(=O)NC(c2cc(F)cc(C(F)(F)F)c2)C2CCCC2)CC1. The molecule has 1 N–H and O–H groups in total. The highest BCUT2D eigenvalue weighted by Crippen LogP contribution is 2.38. The number of hydrogen-bond acceptors (Lipinski definition) is 2. The van der Waals surface area contributed by atoms with Crippen LogP contribution in [0.2, 0.25) is 0 Å². The highest BCUT2D eigenvalue weighted by molar-refractivity contribution is 5.77. The first-order chi connectivity index (χ1) is 14.1. The van der Waals surface area contributed by atoms with E-state index in [2.05, 4.69) is 5.32 Å². The van der Waals surface area contributed by atoms with Crippen molar-refractivity contribution >= 4 is 11.8 Å². The molecule has 2 fully saturated rings. The molecule has 0 spiro atoms. The largest absolute Gasteiger partial charge is 0.416 e. The maximum Gasteiger partial charge on any atom is 0.416 e. The standard InChI is InChI=1S/C22H28F4N2O2/c1-14(29)28-8-6-15(7-9-28)10-20(30)27-21(16-4-2-3-5-16)17-11-18(22(24,25)26)13-19(23)12-17/h11-13,15-16,21H,2-10H2,1H3,(H,27,30). The number of amides is 2. The molecule has 1 aromatic rings. The Hall–Kier alpha value is -2.12. The summed E-state index contributed by atoms with van der Waals surface area (Å²) in [5.74, 6) is -1.04. The van der Waals surface area contributed by atoms with E-state index in [0.29, 0.717) is 19.2 Å². The summed E-state index contributed by atoms with van der Waals surface area (Å²) in [6.45, 7) is 2.74. The van der Waals surface area contributed by atoms with Crippen molar-refractivity contribution in [3.63, 3.8) is 0 Å². The lowest BCUT2D eigenvalue weighted by Gasteiger charge is -2.32. The fraction of sp³-hybridized carbons (Fsp3) is 0.636. The molecule has 1 aliphatic heterocycles. The van der Waals surface area contributed by atoms with Crippen LogP contribution in [0.4, 0.5) is 17.6 Å². The quantitative estimate of drug-likeness (QED) is 0.683. The molecule has 1 unspecified atom stereocenters. The normalized spacial score (nSPS) is 19.7. The van der Waals surface area contributed by atoms with Crippen LogP contribution in [0.25, 0.3) is 0 Å². The van der Waals surface area contributed by atoms with Gasteiger partial charge >= 0.3 is 6.18 Å². The minimum absolute atomic E-state index is 0.00334. The Kier molecular flexibility index (Phi) is 7.03. The topological polar surface area (TPSA) is 49.4 Å². The molecule has 0 aromatic heterocycles. The van der Waals surface area contributed by atoms with Gasteiger partial charge in [0.1, 0.15) is 5.82 Å². The lowest BCUT2D eigenvalue weighted by atomic mass is 9.89. The van der Waals surface area contributed by atoms with E-state index in [1.807, 2.05) is 0 Å². The van der Waals surface area contributed by atoms with Crippen LogP contribution in [0.15, 0.2) is 18.2 Å². The van der Waals surface area contributed by atoms with Gasteiger partial charge in [0.25, 0.3) is 0 Å². The lowest BCUT2D eigenvalue weighted by Crippen LogP contribution is -2.39. The molecule has 8 heteroatoms. The van der Waals surface area contributed by atoms with E-state index < -0.39 is 23.6 Å². The van der Waals surface area contributed by atoms with E-state index in [1.54, 1.807) is 4.90 Å². The maximum atomic E-state index is 14.0. The number of piperidine rings is 1. The average Bonchev–Trinajstić information content (AvgIpc) is 3.19. The van der Waals surface area contributed by atoms with Gasteiger partial charge in [0.05, 0.1) is 11.6 Å². The second-order valence-corrected chi connectivity index (χ2v) is 8.51. The Balaban J connectivity index is 1.71. The first-order valence-electron chi connectivity index (χ1n) is 10.6. The summed E-state index contributed by atoms with van der Waals surface area (Å²) in [5, 5.41) is 2.91. The molecular weight excluding hydrogens is 400 g/mol. The van der Waals surface area contributed by atoms with Crippen LogP contribution in [0, 0.1) is 17.7 Å². The van der Waals surface area contributed by atoms with Gasteiger partial charge in [-0.1, -0.05) is 12.8 Å². The molecule has 1 heterocycles. The van der Waals surface area contributed by atoms with E-state index in [-0.39, 0.29) is 35.6 Å². The first kappa shape index (κ1) is 22.6. The molecule has 1 saturated carbocycles. The monoisotopic (exact) mass is 428 g/mol. The summed E-state index contributed by atoms with van der Waals surface area (Å²) < 4.78 is 53.5. The van der Waals surface area contributed by atoms with Crippen molar-refractivity contribution in [2.75, 3.05) is 13.1 Å². The van der Waals surface area contributed by atoms with Crippen molar-refractivity contribution in [1.82, 2.24) is 10.2 Å². The second kappa shape index (κ2) is 9.35. The Bertz CT molecular complexity index is 767. The summed E-state index contributed by atoms with van der Waals surface area (Å²) in [4.78, 5) is 25.9. The van der Waals surface area contributed by atoms with Gasteiger partial charge in [-0.25, -0.2) is 4.39 Å². The third kappa shape index (κ3) is 5.73. The predicted octanol–water partition coefficient (Wildman–Crippen LogP) is 4.84. The van der Waals surface area contributed by atoms with Gasteiger partial charge in [-0.2, -0.15) is 13.2 Å². The number of nitrogens with zero attached hydrogens (tertiary/aromatic N) is 1. The average molecular weight is 428 g/mol. The Morgan fingerprint density at radius 1 is 1.10 bits per heavy atom. The number of nitrogens with one attached hydrogen (secondary N) is 1. The van der Waals surface area contributed by atoms with Crippen molar-refractivity contribution in [3.8, 4) is 0 Å². The zero-order valence-corrected chi connectivity index (χ0v) is 17.1. The Morgan fingerprint density at radius 2 is 1.73 bits per heavy atom. The maximum absolute atomic E-state index is 14.0. The summed E-state index contributed by atoms with van der Waals surface area (Å²) >= 11 is 0. The van der Waals surface area contributed by atoms with Gasteiger partial charge in [-0.15, -0.1) is 0 Å². The molecule has 1 aromatic carbocycles. The number of carbonyl (C=O) groups is 2. The number of halogens is 4. The van der Waals surface area contributed by atoms with Crippen LogP contribution in [0.1, 0.15) is 69.0 Å². The molecule has 0 radical (unpaired) electrons. The summed E-state index contributed by atoms with van der Waals surface area (Å²) in [6.07, 6.45) is 0.532. The summed E-state index contributed by atoms with van der Waals surface area (Å²) in [5.41, 5.74) is -0.861. The smallest absolute Gasteiger partial charge is 0.349 e. The Labute approximate surface area is 174 Å². The Morgan fingerprint density at radius 3 is 2.30 bits per heavy atom. The van der Waals surface area contributed by atoms with Crippen LogP contribution >= 0.6 is 0 Å². The van der Waals surface area contributed by atoms with Crippen molar-refractivity contribution < 1.29 is 27.2 Å². The minimum Gasteiger partial charge on any atom is -0.349 e. The van der Waals surface area contributed by atoms with Crippen LogP contribution in [-0.2, 0) is 15.8 Å². The van der Waals surface area contributed by atoms with Crippen LogP contribution in [-0.4, -0.2) is 29.8 Å². The first-order valence-corrected chi connectivity index (χ1v) is 10.6. The van der Waals surface area contributed by atoms with Crippen molar-refractivity contribution in [2.24, 2.45) is 11.8 Å². The lowest BCUT2D eigenvalue weighted by molar-refractivity contribution is -0.137. The third-order valence-corrected chi connectivity index (χ3v) is 6.33. The van der Waals surface area contributed by atoms with Crippen LogP contribution in [0.5, 0.6) is 0 Å². The van der Waals surface area contributed by atoms with Crippen LogP contribution < -0.4 is 5.32 Å². The van der Waals surface area contributed by atoms with E-state index in [1.165, 1.54) is 6.92 Å². The van der Waals surface area contributed by atoms with E-state index in [4.69, 9.17) is 0 Å². The molecule has 2 amide bonds. The number of carbonyl (C=O) groups excluding carboxylic acids is 2. The highest BCUT2D eigenvalue weighted by Gasteiger charge is 2.34. The van der Waals surface area contributed by atoms with Gasteiger partial charge in [0, 0.05) is 26.4 Å². The van der Waals surface area contributed by atoms with Gasteiger partial charge in [0.2, 0.25) is 11.8 Å². The molecule has 2 aliphatic rings. The molecule has 0 bridgehead atoms. The highest BCUT2D eigenvalue weighted by atomic mass is 19.4. The molecule has 4 nitrogen and oxygen atoms in total. The molecule has 1 atom stereocenters. The van der Waals surface area contributed by atoms with Gasteiger partial charge in [-0.05, 0) is 61.3 Å². The van der Waals surface area contributed by atoms with Gasteiger partial charge in [0.15, 0.2) is 0 Å². The van der Waals surface area contributed by atoms with Gasteiger partial charge in [-0.3, -0.25) is 9.59 Å². The van der Waals surface area contributed by atoms with E-state index >= 15 is 0 Å². The van der Waals surface area contributed by atoms with Crippen LogP contribution in [0.3, 0.4) is 0 Å². The molecule has 1 aliphatic carbocycles. The second-order valence-electron chi connectivity index (χ2n) is 8.51. The number of benzene rings is 1. The molecule has 166 valence electrons. The molecule has 1 saturated heterocycles. The summed E-state index contributed by atoms with van der Waals surface area (Å²) in [7, 11) is 0. The predicted molar refractivity (Wildman–Crippen MR) is 104 cm³/mol. The van der Waals surface area contributed by atoms with Crippen molar-refractivity contribution in [1.29, 1.82) is 0 Å². The number of hydrogen-bond donors (Lipinski definition) is 1. The van der Waals surface area contributed by atoms with Gasteiger partial charge < -0.3 is 10.2 Å². The zero-order chi connectivity index (χ0) is 21.9. The fourth-order valence-corrected chi connectivity index (χ4v) is 4.67. The summed E-state index contributed by atoms with van der Waals surface area (Å²) in [6, 6.07) is 1.91. The molecule has 30 heavy (non-hydrogen) atoms. The van der Waals surface area contributed by atoms with E-state index in [0.717, 1.165) is 50.7 Å². The molecular formula is C22H28F4N2O2. The number of likely N-dealkylation sites (tertiary alicyclic amines) is 1. The van der Waals surface area contributed by atoms with Crippen molar-refractivity contribution in [3.05, 3.63) is 35.1 Å².